The molecule has 0 heterocycles. The molecule has 1 aromatic carbocycles. The molecule has 0 saturated heterocycles. The molecule has 0 bridgehead atoms. The van der Waals surface area contributed by atoms with Crippen LogP contribution in [-0.4, -0.2) is 34.5 Å². The van der Waals surface area contributed by atoms with E-state index in [1.807, 2.05) is 0 Å². The van der Waals surface area contributed by atoms with Crippen molar-refractivity contribution in [3.05, 3.63) is 24.3 Å². The highest BCUT2D eigenvalue weighted by Gasteiger charge is 2.28. The van der Waals surface area contributed by atoms with Gasteiger partial charge in [-0.3, -0.25) is 9.69 Å². The third-order valence-corrected chi connectivity index (χ3v) is 2.95. The number of amides is 2. The molecule has 8 heteroatoms. The lowest BCUT2D eigenvalue weighted by atomic mass is 10.2. The second-order valence-electron chi connectivity index (χ2n) is 4.08. The standard InChI is InChI=1S/C12H13Cl3N2O3/c1-8(18)16(2)9-3-5-10(6-4-9)17(11(19)20)7-12(13,14)15/h3-6H,7H2,1-2H3,(H,19,20). The molecule has 0 atom stereocenters. The van der Waals surface area contributed by atoms with E-state index in [4.69, 9.17) is 39.9 Å². The van der Waals surface area contributed by atoms with Crippen molar-refractivity contribution < 1.29 is 14.7 Å². The normalized spacial score (nSPS) is 11.1. The summed E-state index contributed by atoms with van der Waals surface area (Å²) in [5, 5.41) is 9.14. The van der Waals surface area contributed by atoms with Crippen molar-refractivity contribution >= 4 is 58.2 Å². The number of carbonyl (C=O) groups is 2. The van der Waals surface area contributed by atoms with Crippen LogP contribution < -0.4 is 9.80 Å². The van der Waals surface area contributed by atoms with Crippen molar-refractivity contribution in [3.63, 3.8) is 0 Å². The van der Waals surface area contributed by atoms with Gasteiger partial charge in [-0.1, -0.05) is 34.8 Å². The fraction of sp³-hybridized carbons (Fsp3) is 0.333. The van der Waals surface area contributed by atoms with Gasteiger partial charge in [0.15, 0.2) is 0 Å². The minimum Gasteiger partial charge on any atom is -0.465 e. The lowest BCUT2D eigenvalue weighted by Crippen LogP contribution is -2.36. The van der Waals surface area contributed by atoms with Gasteiger partial charge in [-0.25, -0.2) is 4.79 Å². The predicted octanol–water partition coefficient (Wildman–Crippen LogP) is 3.52. The fourth-order valence-electron chi connectivity index (χ4n) is 1.49. The highest BCUT2D eigenvalue weighted by molar-refractivity contribution is 6.68. The van der Waals surface area contributed by atoms with Crippen molar-refractivity contribution in [1.82, 2.24) is 0 Å². The Morgan fingerprint density at radius 3 is 1.95 bits per heavy atom. The summed E-state index contributed by atoms with van der Waals surface area (Å²) in [4.78, 5) is 24.8. The van der Waals surface area contributed by atoms with E-state index in [9.17, 15) is 9.59 Å². The van der Waals surface area contributed by atoms with Gasteiger partial charge in [0.05, 0.1) is 6.54 Å². The van der Waals surface area contributed by atoms with E-state index in [0.717, 1.165) is 4.90 Å². The Labute approximate surface area is 131 Å². The van der Waals surface area contributed by atoms with Gasteiger partial charge in [-0.15, -0.1) is 0 Å². The van der Waals surface area contributed by atoms with E-state index < -0.39 is 9.89 Å². The molecule has 5 nitrogen and oxygen atoms in total. The van der Waals surface area contributed by atoms with Crippen molar-refractivity contribution in [2.45, 2.75) is 10.7 Å². The lowest BCUT2D eigenvalue weighted by molar-refractivity contribution is -0.116. The molecule has 0 aliphatic rings. The summed E-state index contributed by atoms with van der Waals surface area (Å²) in [6.45, 7) is 1.13. The van der Waals surface area contributed by atoms with Gasteiger partial charge in [-0.2, -0.15) is 0 Å². The maximum atomic E-state index is 11.2. The van der Waals surface area contributed by atoms with Crippen LogP contribution in [0.15, 0.2) is 24.3 Å². The van der Waals surface area contributed by atoms with Crippen LogP contribution in [0.4, 0.5) is 16.2 Å². The molecule has 1 rings (SSSR count). The molecule has 0 spiro atoms. The van der Waals surface area contributed by atoms with Crippen molar-refractivity contribution in [1.29, 1.82) is 0 Å². The Morgan fingerprint density at radius 1 is 1.15 bits per heavy atom. The lowest BCUT2D eigenvalue weighted by Gasteiger charge is -2.24. The van der Waals surface area contributed by atoms with Gasteiger partial charge in [0.25, 0.3) is 0 Å². The number of carbonyl (C=O) groups excluding carboxylic acids is 1. The second kappa shape index (κ2) is 6.52. The third kappa shape index (κ3) is 4.74. The van der Waals surface area contributed by atoms with Crippen LogP contribution in [0.25, 0.3) is 0 Å². The van der Waals surface area contributed by atoms with Gasteiger partial charge < -0.3 is 10.0 Å². The van der Waals surface area contributed by atoms with Crippen LogP contribution in [0, 0.1) is 0 Å². The van der Waals surface area contributed by atoms with Crippen molar-refractivity contribution in [3.8, 4) is 0 Å². The summed E-state index contributed by atoms with van der Waals surface area (Å²) in [7, 11) is 1.62. The molecule has 0 unspecified atom stereocenters. The van der Waals surface area contributed by atoms with E-state index in [2.05, 4.69) is 0 Å². The van der Waals surface area contributed by atoms with Gasteiger partial charge in [0, 0.05) is 25.3 Å². The minimum absolute atomic E-state index is 0.130. The number of nitrogens with zero attached hydrogens (tertiary/aromatic N) is 2. The molecule has 0 aliphatic heterocycles. The summed E-state index contributed by atoms with van der Waals surface area (Å²) in [5.41, 5.74) is 0.991. The third-order valence-electron chi connectivity index (χ3n) is 2.59. The number of benzene rings is 1. The van der Waals surface area contributed by atoms with Gasteiger partial charge >= 0.3 is 6.09 Å². The fourth-order valence-corrected chi connectivity index (χ4v) is 1.85. The quantitative estimate of drug-likeness (QED) is 0.857. The molecule has 0 fully saturated rings. The topological polar surface area (TPSA) is 60.9 Å². The molecule has 0 aliphatic carbocycles. The molecular formula is C12H13Cl3N2O3. The number of hydrogen-bond donors (Lipinski definition) is 1. The summed E-state index contributed by atoms with van der Waals surface area (Å²) in [5.74, 6) is -0.130. The van der Waals surface area contributed by atoms with Gasteiger partial charge in [0.1, 0.15) is 0 Å². The monoisotopic (exact) mass is 338 g/mol. The highest BCUT2D eigenvalue weighted by Crippen LogP contribution is 2.30. The summed E-state index contributed by atoms with van der Waals surface area (Å²) < 4.78 is -1.72. The van der Waals surface area contributed by atoms with Crippen molar-refractivity contribution in [2.24, 2.45) is 0 Å². The maximum Gasteiger partial charge on any atom is 0.411 e. The number of alkyl halides is 3. The Bertz CT molecular complexity index is 500. The van der Waals surface area contributed by atoms with Crippen LogP contribution in [0.1, 0.15) is 6.92 Å². The van der Waals surface area contributed by atoms with Crippen LogP contribution >= 0.6 is 34.8 Å². The molecule has 0 saturated carbocycles. The largest absolute Gasteiger partial charge is 0.465 e. The molecule has 1 aromatic rings. The Balaban J connectivity index is 3.00. The van der Waals surface area contributed by atoms with E-state index in [0.29, 0.717) is 11.4 Å². The molecule has 0 radical (unpaired) electrons. The van der Waals surface area contributed by atoms with Crippen LogP contribution in [0.5, 0.6) is 0 Å². The first kappa shape index (κ1) is 16.9. The molecule has 2 amide bonds. The summed E-state index contributed by atoms with van der Waals surface area (Å²) in [6, 6.07) is 6.31. The average molecular weight is 340 g/mol. The smallest absolute Gasteiger partial charge is 0.411 e. The number of hydrogen-bond acceptors (Lipinski definition) is 2. The molecule has 20 heavy (non-hydrogen) atoms. The number of anilines is 2. The Kier molecular flexibility index (Phi) is 5.50. The second-order valence-corrected chi connectivity index (χ2v) is 6.59. The predicted molar refractivity (Wildman–Crippen MR) is 81.2 cm³/mol. The SMILES string of the molecule is CC(=O)N(C)c1ccc(N(CC(Cl)(Cl)Cl)C(=O)O)cc1. The summed E-state index contributed by atoms with van der Waals surface area (Å²) in [6.07, 6.45) is -1.23. The van der Waals surface area contributed by atoms with Crippen molar-refractivity contribution in [2.75, 3.05) is 23.4 Å². The first-order valence-electron chi connectivity index (χ1n) is 5.53. The van der Waals surface area contributed by atoms with E-state index in [-0.39, 0.29) is 12.5 Å². The molecular weight excluding hydrogens is 327 g/mol. The van der Waals surface area contributed by atoms with Crippen LogP contribution in [-0.2, 0) is 4.79 Å². The van der Waals surface area contributed by atoms with E-state index >= 15 is 0 Å². The number of halogens is 3. The van der Waals surface area contributed by atoms with Gasteiger partial charge in [0.2, 0.25) is 9.70 Å². The molecule has 110 valence electrons. The maximum absolute atomic E-state index is 11.2. The number of rotatable bonds is 3. The molecule has 0 aromatic heterocycles. The molecule has 1 N–H and O–H groups in total. The van der Waals surface area contributed by atoms with Crippen LogP contribution in [0.3, 0.4) is 0 Å². The Morgan fingerprint density at radius 2 is 1.60 bits per heavy atom. The first-order chi connectivity index (χ1) is 9.11. The number of carboxylic acid groups (broad SMARTS) is 1. The zero-order valence-corrected chi connectivity index (χ0v) is 13.1. The minimum atomic E-state index is -1.72. The van der Waals surface area contributed by atoms with Crippen LogP contribution in [0.2, 0.25) is 0 Å². The first-order valence-corrected chi connectivity index (χ1v) is 6.67. The zero-order valence-electron chi connectivity index (χ0n) is 10.8. The highest BCUT2D eigenvalue weighted by atomic mass is 35.6. The zero-order chi connectivity index (χ0) is 15.5. The summed E-state index contributed by atoms with van der Waals surface area (Å²) >= 11 is 16.9. The van der Waals surface area contributed by atoms with E-state index in [1.54, 1.807) is 31.3 Å². The Hall–Kier alpha value is -1.17. The van der Waals surface area contributed by atoms with Gasteiger partial charge in [-0.05, 0) is 24.3 Å². The average Bonchev–Trinajstić information content (AvgIpc) is 2.34. The van der Waals surface area contributed by atoms with E-state index in [1.165, 1.54) is 11.8 Å².